The van der Waals surface area contributed by atoms with Crippen LogP contribution in [0.4, 0.5) is 0 Å². The second-order valence-electron chi connectivity index (χ2n) is 2.67. The van der Waals surface area contributed by atoms with Gasteiger partial charge < -0.3 is 0 Å². The zero-order chi connectivity index (χ0) is 9.46. The van der Waals surface area contributed by atoms with Gasteiger partial charge in [0.2, 0.25) is 0 Å². The minimum atomic E-state index is -0.437. The Hall–Kier alpha value is 2.55. The molecular weight excluding hydrogens is 376 g/mol. The molecule has 88 valence electrons. The molecule has 1 saturated carbocycles. The topological polar surface area (TPSA) is 0 Å². The summed E-state index contributed by atoms with van der Waals surface area (Å²) >= 11 is 35.3. The molecule has 0 nitrogen and oxygen atoms in total. The van der Waals surface area contributed by atoms with Gasteiger partial charge in [0.05, 0.1) is 32.3 Å². The molecular formula is C6H7Cl7Fe. The predicted molar refractivity (Wildman–Crippen MR) is 65.1 cm³/mol. The van der Waals surface area contributed by atoms with Crippen LogP contribution in [0.15, 0.2) is 0 Å². The van der Waals surface area contributed by atoms with E-state index in [1.165, 1.54) is 0 Å². The van der Waals surface area contributed by atoms with Crippen LogP contribution in [0.5, 0.6) is 0 Å². The largest absolute Gasteiger partial charge is 0.147 e. The van der Waals surface area contributed by atoms with Crippen molar-refractivity contribution >= 4 is 82.0 Å². The molecule has 0 saturated heterocycles. The van der Waals surface area contributed by atoms with Crippen molar-refractivity contribution in [1.82, 2.24) is 0 Å². The van der Waals surface area contributed by atoms with Crippen LogP contribution >= 0.6 is 82.0 Å². The van der Waals surface area contributed by atoms with E-state index in [-0.39, 0.29) is 29.5 Å². The smallest absolute Gasteiger partial charge is 0.0693 e. The molecule has 8 heteroatoms. The molecule has 0 amide bonds. The third-order valence-corrected chi connectivity index (χ3v) is 5.86. The molecule has 0 aromatic rings. The summed E-state index contributed by atoms with van der Waals surface area (Å²) < 4.78 is 0. The Morgan fingerprint density at radius 2 is 0.500 bits per heavy atom. The van der Waals surface area contributed by atoms with Crippen molar-refractivity contribution in [3.8, 4) is 0 Å². The second-order valence-corrected chi connectivity index (χ2v) is 5.69. The Kier molecular flexibility index (Phi) is 10.5. The number of hydrogen-bond acceptors (Lipinski definition) is 0. The van der Waals surface area contributed by atoms with Crippen LogP contribution in [0.25, 0.3) is 0 Å². The van der Waals surface area contributed by atoms with E-state index in [2.05, 4.69) is 0 Å². The fourth-order valence-electron chi connectivity index (χ4n) is 1.05. The van der Waals surface area contributed by atoms with E-state index in [4.69, 9.17) is 69.6 Å². The monoisotopic (exact) mass is 380 g/mol. The normalized spacial score (nSPS) is 47.6. The van der Waals surface area contributed by atoms with Gasteiger partial charge in [-0.3, -0.25) is 0 Å². The van der Waals surface area contributed by atoms with Gasteiger partial charge in [-0.2, -0.15) is 0 Å². The summed E-state index contributed by atoms with van der Waals surface area (Å²) in [5, 5.41) is -2.62. The molecule has 1 rings (SSSR count). The van der Waals surface area contributed by atoms with Crippen LogP contribution < -0.4 is 0 Å². The summed E-state index contributed by atoms with van der Waals surface area (Å²) in [6.07, 6.45) is 0. The van der Waals surface area contributed by atoms with E-state index in [9.17, 15) is 0 Å². The minimum Gasteiger partial charge on any atom is -0.147 e. The van der Waals surface area contributed by atoms with Crippen molar-refractivity contribution < 1.29 is 17.1 Å². The van der Waals surface area contributed by atoms with Gasteiger partial charge in [0.25, 0.3) is 0 Å². The predicted octanol–water partition coefficient (Wildman–Crippen LogP) is 4.06. The van der Waals surface area contributed by atoms with E-state index in [1.54, 1.807) is 0 Å². The molecule has 0 aliphatic heterocycles. The van der Waals surface area contributed by atoms with Crippen LogP contribution in [0, 0.1) is 0 Å². The van der Waals surface area contributed by atoms with Gasteiger partial charge in [-0.25, -0.2) is 0 Å². The number of rotatable bonds is 0. The third kappa shape index (κ3) is 3.79. The van der Waals surface area contributed by atoms with E-state index in [1.807, 2.05) is 0 Å². The molecule has 1 aliphatic rings. The summed E-state index contributed by atoms with van der Waals surface area (Å²) in [4.78, 5) is 0. The van der Waals surface area contributed by atoms with Gasteiger partial charge in [0, 0.05) is 17.1 Å². The Bertz CT molecular complexity index is 110. The average molecular weight is 383 g/mol. The van der Waals surface area contributed by atoms with Crippen LogP contribution in [0.1, 0.15) is 0 Å². The van der Waals surface area contributed by atoms with Crippen LogP contribution in [0.2, 0.25) is 0 Å². The maximum Gasteiger partial charge on any atom is 0.0693 e. The summed E-state index contributed by atoms with van der Waals surface area (Å²) in [5.74, 6) is 0. The molecule has 0 heterocycles. The summed E-state index contributed by atoms with van der Waals surface area (Å²) in [6.45, 7) is 0. The van der Waals surface area contributed by atoms with E-state index in [0.29, 0.717) is 0 Å². The molecule has 0 radical (unpaired) electrons. The molecule has 0 bridgehead atoms. The van der Waals surface area contributed by atoms with Crippen molar-refractivity contribution in [1.29, 1.82) is 0 Å². The minimum absolute atomic E-state index is 0. The standard InChI is InChI=1S/C6H6Cl6.ClH.Fe/c7-1-2(8)4(10)6(12)5(11)3(1)9;;/h1-6H;1H;/t1-,2-,3-,4+,5+,6+;;. The molecule has 1 aliphatic carbocycles. The first-order valence-corrected chi connectivity index (χ1v) is 5.93. The van der Waals surface area contributed by atoms with Gasteiger partial charge in [-0.15, -0.1) is 82.0 Å². The van der Waals surface area contributed by atoms with Crippen LogP contribution in [-0.2, 0) is 17.1 Å². The Labute approximate surface area is 130 Å². The molecule has 1 fully saturated rings. The fourth-order valence-corrected chi connectivity index (χ4v) is 3.38. The van der Waals surface area contributed by atoms with Gasteiger partial charge in [0.1, 0.15) is 0 Å². The third-order valence-electron chi connectivity index (χ3n) is 1.83. The molecule has 0 aromatic heterocycles. The number of hydrogen-bond donors (Lipinski definition) is 0. The quantitative estimate of drug-likeness (QED) is 0.437. The maximum absolute atomic E-state index is 5.88. The Balaban J connectivity index is 0. The van der Waals surface area contributed by atoms with Crippen LogP contribution in [0.3, 0.4) is 0 Å². The SMILES string of the molecule is Cl.Cl[C@H]1[C@H](Cl)[C@@H](Cl)[C@@H](Cl)[C@H](Cl)[C@H]1Cl.[Fe]. The molecule has 14 heavy (non-hydrogen) atoms. The summed E-state index contributed by atoms with van der Waals surface area (Å²) in [5.41, 5.74) is 0. The molecule has 0 aromatic carbocycles. The van der Waals surface area contributed by atoms with Gasteiger partial charge in [0.15, 0.2) is 0 Å². The van der Waals surface area contributed by atoms with Crippen molar-refractivity contribution in [2.24, 2.45) is 0 Å². The van der Waals surface area contributed by atoms with Crippen molar-refractivity contribution in [3.05, 3.63) is 0 Å². The average Bonchev–Trinajstić information content (AvgIpc) is 2.08. The van der Waals surface area contributed by atoms with E-state index in [0.717, 1.165) is 0 Å². The first-order chi connectivity index (χ1) is 5.46. The van der Waals surface area contributed by atoms with Gasteiger partial charge in [-0.1, -0.05) is 0 Å². The molecule has 0 atom stereocenters. The second kappa shape index (κ2) is 7.79. The van der Waals surface area contributed by atoms with Gasteiger partial charge >= 0.3 is 0 Å². The number of alkyl halides is 6. The number of halogens is 7. The van der Waals surface area contributed by atoms with Gasteiger partial charge in [-0.05, 0) is 0 Å². The molecule has 0 N–H and O–H groups in total. The summed E-state index contributed by atoms with van der Waals surface area (Å²) in [6, 6.07) is 0. The van der Waals surface area contributed by atoms with Crippen molar-refractivity contribution in [3.63, 3.8) is 0 Å². The Morgan fingerprint density at radius 3 is 0.571 bits per heavy atom. The van der Waals surface area contributed by atoms with E-state index >= 15 is 0 Å². The van der Waals surface area contributed by atoms with Crippen molar-refractivity contribution in [2.45, 2.75) is 32.3 Å². The first kappa shape index (κ1) is 18.9. The zero-order valence-corrected chi connectivity index (χ0v) is 12.9. The summed E-state index contributed by atoms with van der Waals surface area (Å²) in [7, 11) is 0. The zero-order valence-electron chi connectivity index (χ0n) is 6.49. The van der Waals surface area contributed by atoms with E-state index < -0.39 is 32.3 Å². The van der Waals surface area contributed by atoms with Crippen LogP contribution in [-0.4, -0.2) is 32.3 Å². The first-order valence-electron chi connectivity index (χ1n) is 3.31. The Morgan fingerprint density at radius 1 is 0.429 bits per heavy atom. The van der Waals surface area contributed by atoms with Crippen molar-refractivity contribution in [2.75, 3.05) is 0 Å². The molecule has 0 spiro atoms. The fraction of sp³-hybridized carbons (Fsp3) is 1.00. The maximum atomic E-state index is 5.88. The molecule has 0 unspecified atom stereocenters.